The number of carbonyl (C=O) groups is 2. The van der Waals surface area contributed by atoms with Crippen molar-refractivity contribution in [3.63, 3.8) is 0 Å². The summed E-state index contributed by atoms with van der Waals surface area (Å²) in [6, 6.07) is 7.95. The lowest BCUT2D eigenvalue weighted by Crippen LogP contribution is -2.53. The highest BCUT2D eigenvalue weighted by molar-refractivity contribution is 6.30. The Balaban J connectivity index is 1.46. The largest absolute Gasteiger partial charge is 0.493 e. The second-order valence-electron chi connectivity index (χ2n) is 11.1. The van der Waals surface area contributed by atoms with Gasteiger partial charge >= 0.3 is 0 Å². The summed E-state index contributed by atoms with van der Waals surface area (Å²) in [5.74, 6) is 1.28. The van der Waals surface area contributed by atoms with Crippen LogP contribution < -0.4 is 4.74 Å². The molecule has 0 aromatic heterocycles. The maximum atomic E-state index is 13.6. The van der Waals surface area contributed by atoms with Crippen LogP contribution in [0.15, 0.2) is 24.3 Å². The van der Waals surface area contributed by atoms with Crippen LogP contribution in [0.3, 0.4) is 0 Å². The van der Waals surface area contributed by atoms with Gasteiger partial charge in [-0.2, -0.15) is 0 Å². The Morgan fingerprint density at radius 3 is 2.43 bits per heavy atom. The summed E-state index contributed by atoms with van der Waals surface area (Å²) in [5, 5.41) is 0.633. The van der Waals surface area contributed by atoms with E-state index in [2.05, 4.69) is 18.7 Å². The SMILES string of the molecule is CC(C)N1CCC(C(=O)N2CCC[C@@](COc3cccc(Cl)c3)(CC(=O)N3CCCCC3)C2)CC1. The molecule has 0 bridgehead atoms. The molecule has 2 amide bonds. The molecule has 3 aliphatic rings. The zero-order chi connectivity index (χ0) is 24.8. The Kier molecular flexibility index (Phi) is 8.98. The number of ether oxygens (including phenoxy) is 1. The van der Waals surface area contributed by atoms with Gasteiger partial charge < -0.3 is 19.4 Å². The van der Waals surface area contributed by atoms with E-state index in [9.17, 15) is 9.59 Å². The first kappa shape index (κ1) is 26.3. The number of rotatable bonds is 7. The Hall–Kier alpha value is -1.79. The van der Waals surface area contributed by atoms with Crippen molar-refractivity contribution in [3.8, 4) is 5.75 Å². The fourth-order valence-electron chi connectivity index (χ4n) is 6.00. The molecule has 3 heterocycles. The van der Waals surface area contributed by atoms with Crippen molar-refractivity contribution >= 4 is 23.4 Å². The van der Waals surface area contributed by atoms with Gasteiger partial charge in [0.1, 0.15) is 5.75 Å². The third kappa shape index (κ3) is 6.91. The Morgan fingerprint density at radius 1 is 1.03 bits per heavy atom. The van der Waals surface area contributed by atoms with Crippen LogP contribution in [0.25, 0.3) is 0 Å². The van der Waals surface area contributed by atoms with E-state index in [1.54, 1.807) is 0 Å². The van der Waals surface area contributed by atoms with Crippen LogP contribution in [0.2, 0.25) is 5.02 Å². The van der Waals surface area contributed by atoms with Gasteiger partial charge in [-0.1, -0.05) is 17.7 Å². The van der Waals surface area contributed by atoms with Gasteiger partial charge in [-0.3, -0.25) is 9.59 Å². The average molecular weight is 504 g/mol. The molecule has 1 atom stereocenters. The predicted molar refractivity (Wildman–Crippen MR) is 140 cm³/mol. The molecule has 35 heavy (non-hydrogen) atoms. The molecule has 3 saturated heterocycles. The first-order chi connectivity index (χ1) is 16.8. The lowest BCUT2D eigenvalue weighted by Gasteiger charge is -2.45. The zero-order valence-corrected chi connectivity index (χ0v) is 22.3. The molecule has 4 rings (SSSR count). The van der Waals surface area contributed by atoms with Gasteiger partial charge in [0.2, 0.25) is 11.8 Å². The highest BCUT2D eigenvalue weighted by Crippen LogP contribution is 2.37. The molecule has 0 saturated carbocycles. The van der Waals surface area contributed by atoms with Crippen molar-refractivity contribution in [2.75, 3.05) is 45.9 Å². The van der Waals surface area contributed by atoms with Crippen LogP contribution in [0.4, 0.5) is 0 Å². The summed E-state index contributed by atoms with van der Waals surface area (Å²) >= 11 is 6.17. The minimum absolute atomic E-state index is 0.0902. The average Bonchev–Trinajstić information content (AvgIpc) is 2.88. The minimum atomic E-state index is -0.372. The molecule has 0 aliphatic carbocycles. The summed E-state index contributed by atoms with van der Waals surface area (Å²) in [6.45, 7) is 9.90. The molecule has 0 unspecified atom stereocenters. The van der Waals surface area contributed by atoms with Crippen LogP contribution in [0.5, 0.6) is 5.75 Å². The third-order valence-corrected chi connectivity index (χ3v) is 8.39. The second-order valence-corrected chi connectivity index (χ2v) is 11.6. The summed E-state index contributed by atoms with van der Waals surface area (Å²) in [6.07, 6.45) is 7.44. The standard InChI is InChI=1S/C28H42ClN3O3/c1-22(2)30-16-10-23(11-17-30)27(34)32-15-7-12-28(20-32,19-26(33)31-13-4-3-5-14-31)21-35-25-9-6-8-24(29)18-25/h6,8-9,18,22-23H,3-5,7,10-17,19-21H2,1-2H3/t28-/m1/s1. The number of hydrogen-bond acceptors (Lipinski definition) is 4. The van der Waals surface area contributed by atoms with Crippen molar-refractivity contribution < 1.29 is 14.3 Å². The molecule has 3 aliphatic heterocycles. The Labute approximate surface area is 215 Å². The van der Waals surface area contributed by atoms with E-state index in [0.717, 1.165) is 71.2 Å². The Morgan fingerprint density at radius 2 is 1.74 bits per heavy atom. The van der Waals surface area contributed by atoms with E-state index in [-0.39, 0.29) is 23.1 Å². The number of likely N-dealkylation sites (tertiary alicyclic amines) is 3. The molecule has 3 fully saturated rings. The van der Waals surface area contributed by atoms with E-state index in [4.69, 9.17) is 16.3 Å². The maximum Gasteiger partial charge on any atom is 0.225 e. The highest BCUT2D eigenvalue weighted by Gasteiger charge is 2.42. The number of hydrogen-bond donors (Lipinski definition) is 0. The molecule has 1 aromatic carbocycles. The van der Waals surface area contributed by atoms with Gasteiger partial charge in [0.15, 0.2) is 0 Å². The van der Waals surface area contributed by atoms with Crippen molar-refractivity contribution in [2.24, 2.45) is 11.3 Å². The van der Waals surface area contributed by atoms with E-state index in [0.29, 0.717) is 36.4 Å². The van der Waals surface area contributed by atoms with Gasteiger partial charge in [0.05, 0.1) is 6.61 Å². The van der Waals surface area contributed by atoms with Gasteiger partial charge in [-0.25, -0.2) is 0 Å². The lowest BCUT2D eigenvalue weighted by molar-refractivity contribution is -0.145. The van der Waals surface area contributed by atoms with E-state index < -0.39 is 0 Å². The highest BCUT2D eigenvalue weighted by atomic mass is 35.5. The monoisotopic (exact) mass is 503 g/mol. The van der Waals surface area contributed by atoms with E-state index in [1.165, 1.54) is 6.42 Å². The quantitative estimate of drug-likeness (QED) is 0.533. The topological polar surface area (TPSA) is 53.1 Å². The molecule has 0 radical (unpaired) electrons. The number of amides is 2. The van der Waals surface area contributed by atoms with Crippen LogP contribution in [0, 0.1) is 11.3 Å². The van der Waals surface area contributed by atoms with Gasteiger partial charge in [-0.05, 0) is 90.1 Å². The van der Waals surface area contributed by atoms with E-state index >= 15 is 0 Å². The summed E-state index contributed by atoms with van der Waals surface area (Å²) in [5.41, 5.74) is -0.372. The first-order valence-electron chi connectivity index (χ1n) is 13.5. The van der Waals surface area contributed by atoms with Gasteiger partial charge in [0.25, 0.3) is 0 Å². The molecule has 194 valence electrons. The zero-order valence-electron chi connectivity index (χ0n) is 21.5. The molecule has 0 spiro atoms. The summed E-state index contributed by atoms with van der Waals surface area (Å²) in [7, 11) is 0. The van der Waals surface area contributed by atoms with Crippen LogP contribution in [-0.2, 0) is 9.59 Å². The summed E-state index contributed by atoms with van der Waals surface area (Å²) < 4.78 is 6.23. The normalized spacial score (nSPS) is 24.6. The first-order valence-corrected chi connectivity index (χ1v) is 13.9. The smallest absolute Gasteiger partial charge is 0.225 e. The molecule has 0 N–H and O–H groups in total. The number of benzene rings is 1. The Bertz CT molecular complexity index is 865. The summed E-state index contributed by atoms with van der Waals surface area (Å²) in [4.78, 5) is 33.5. The number of halogens is 1. The van der Waals surface area contributed by atoms with Gasteiger partial charge in [0, 0.05) is 55.0 Å². The van der Waals surface area contributed by atoms with E-state index in [1.807, 2.05) is 34.1 Å². The third-order valence-electron chi connectivity index (χ3n) is 8.16. The molecule has 7 heteroatoms. The van der Waals surface area contributed by atoms with Crippen molar-refractivity contribution in [3.05, 3.63) is 29.3 Å². The second kappa shape index (κ2) is 12.0. The van der Waals surface area contributed by atoms with Crippen LogP contribution in [0.1, 0.15) is 65.2 Å². The maximum absolute atomic E-state index is 13.6. The number of nitrogens with zero attached hydrogens (tertiary/aromatic N) is 3. The molecule has 6 nitrogen and oxygen atoms in total. The molecular formula is C28H42ClN3O3. The van der Waals surface area contributed by atoms with Crippen molar-refractivity contribution in [1.82, 2.24) is 14.7 Å². The fourth-order valence-corrected chi connectivity index (χ4v) is 6.18. The van der Waals surface area contributed by atoms with Gasteiger partial charge in [-0.15, -0.1) is 0 Å². The fraction of sp³-hybridized carbons (Fsp3) is 0.714. The molecular weight excluding hydrogens is 462 g/mol. The predicted octanol–water partition coefficient (Wildman–Crippen LogP) is 4.85. The lowest BCUT2D eigenvalue weighted by atomic mass is 9.76. The van der Waals surface area contributed by atoms with Crippen molar-refractivity contribution in [2.45, 2.75) is 71.3 Å². The van der Waals surface area contributed by atoms with Crippen LogP contribution >= 0.6 is 11.6 Å². The minimum Gasteiger partial charge on any atom is -0.493 e. The molecule has 1 aromatic rings. The number of carbonyl (C=O) groups excluding carboxylic acids is 2. The van der Waals surface area contributed by atoms with Crippen molar-refractivity contribution in [1.29, 1.82) is 0 Å². The van der Waals surface area contributed by atoms with Crippen LogP contribution in [-0.4, -0.2) is 78.4 Å². The number of piperidine rings is 3.